The predicted molar refractivity (Wildman–Crippen MR) is 79.5 cm³/mol. The van der Waals surface area contributed by atoms with Gasteiger partial charge in [-0.15, -0.1) is 0 Å². The van der Waals surface area contributed by atoms with E-state index in [-0.39, 0.29) is 5.91 Å². The molecule has 2 aliphatic heterocycles. The quantitative estimate of drug-likeness (QED) is 0.812. The number of piperazine rings is 1. The highest BCUT2D eigenvalue weighted by Crippen LogP contribution is 2.27. The third kappa shape index (κ3) is 3.32. The summed E-state index contributed by atoms with van der Waals surface area (Å²) in [5.74, 6) is 0.175. The van der Waals surface area contributed by atoms with Crippen LogP contribution in [0.15, 0.2) is 0 Å². The maximum atomic E-state index is 12.6. The van der Waals surface area contributed by atoms with Gasteiger partial charge in [0.05, 0.1) is 0 Å². The molecule has 0 spiro atoms. The summed E-state index contributed by atoms with van der Waals surface area (Å²) in [5, 5.41) is 0. The van der Waals surface area contributed by atoms with Crippen molar-refractivity contribution in [2.24, 2.45) is 5.73 Å². The van der Waals surface area contributed by atoms with Gasteiger partial charge in [0.1, 0.15) is 5.60 Å². The Kier molecular flexibility index (Phi) is 5.41. The average Bonchev–Trinajstić information content (AvgIpc) is 2.92. The fourth-order valence-electron chi connectivity index (χ4n) is 3.36. The standard InChI is InChI=1S/C15H29N3O2/c1-3-5-13(12-16)17-7-9-18(10-8-17)14(19)15(2)6-4-11-20-15/h13H,3-12,16H2,1-2H3. The van der Waals surface area contributed by atoms with E-state index in [1.54, 1.807) is 0 Å². The van der Waals surface area contributed by atoms with E-state index in [1.807, 2.05) is 11.8 Å². The number of nitrogens with two attached hydrogens (primary N) is 1. The van der Waals surface area contributed by atoms with Crippen LogP contribution in [0.3, 0.4) is 0 Å². The molecule has 2 unspecified atom stereocenters. The van der Waals surface area contributed by atoms with Crippen LogP contribution in [-0.2, 0) is 9.53 Å². The van der Waals surface area contributed by atoms with Gasteiger partial charge in [-0.1, -0.05) is 13.3 Å². The first-order chi connectivity index (χ1) is 9.60. The molecule has 0 aromatic carbocycles. The highest BCUT2D eigenvalue weighted by Gasteiger charge is 2.41. The number of carbonyl (C=O) groups excluding carboxylic acids is 1. The molecule has 116 valence electrons. The number of carbonyl (C=O) groups is 1. The number of amides is 1. The number of ether oxygens (including phenoxy) is 1. The van der Waals surface area contributed by atoms with Gasteiger partial charge in [-0.2, -0.15) is 0 Å². The Balaban J connectivity index is 1.86. The molecule has 0 radical (unpaired) electrons. The molecule has 2 saturated heterocycles. The maximum absolute atomic E-state index is 12.6. The molecule has 2 atom stereocenters. The molecule has 2 aliphatic rings. The van der Waals surface area contributed by atoms with Crippen molar-refractivity contribution in [2.75, 3.05) is 39.3 Å². The minimum Gasteiger partial charge on any atom is -0.365 e. The summed E-state index contributed by atoms with van der Waals surface area (Å²) < 4.78 is 5.66. The van der Waals surface area contributed by atoms with E-state index >= 15 is 0 Å². The third-order valence-corrected chi connectivity index (χ3v) is 4.68. The normalized spacial score (nSPS) is 29.6. The lowest BCUT2D eigenvalue weighted by atomic mass is 10.0. The number of rotatable bonds is 5. The molecule has 5 heteroatoms. The Morgan fingerprint density at radius 3 is 2.55 bits per heavy atom. The van der Waals surface area contributed by atoms with Crippen LogP contribution in [0.25, 0.3) is 0 Å². The van der Waals surface area contributed by atoms with Gasteiger partial charge < -0.3 is 15.4 Å². The van der Waals surface area contributed by atoms with Crippen LogP contribution < -0.4 is 5.73 Å². The largest absolute Gasteiger partial charge is 0.365 e. The first kappa shape index (κ1) is 15.7. The van der Waals surface area contributed by atoms with Gasteiger partial charge in [0.15, 0.2) is 0 Å². The van der Waals surface area contributed by atoms with Crippen LogP contribution in [0.4, 0.5) is 0 Å². The summed E-state index contributed by atoms with van der Waals surface area (Å²) >= 11 is 0. The lowest BCUT2D eigenvalue weighted by Crippen LogP contribution is -2.57. The third-order valence-electron chi connectivity index (χ3n) is 4.68. The van der Waals surface area contributed by atoms with Crippen molar-refractivity contribution in [3.63, 3.8) is 0 Å². The highest BCUT2D eigenvalue weighted by atomic mass is 16.5. The van der Waals surface area contributed by atoms with Gasteiger partial charge in [0.2, 0.25) is 0 Å². The summed E-state index contributed by atoms with van der Waals surface area (Å²) in [6, 6.07) is 0.468. The zero-order chi connectivity index (χ0) is 14.6. The van der Waals surface area contributed by atoms with Gasteiger partial charge in [-0.05, 0) is 26.2 Å². The van der Waals surface area contributed by atoms with Crippen LogP contribution in [0, 0.1) is 0 Å². The summed E-state index contributed by atoms with van der Waals surface area (Å²) in [6.07, 6.45) is 4.15. The molecule has 2 N–H and O–H groups in total. The van der Waals surface area contributed by atoms with E-state index in [4.69, 9.17) is 10.5 Å². The molecule has 5 nitrogen and oxygen atoms in total. The molecule has 0 aromatic heterocycles. The van der Waals surface area contributed by atoms with Crippen molar-refractivity contribution in [1.29, 1.82) is 0 Å². The molecule has 1 amide bonds. The predicted octanol–water partition coefficient (Wildman–Crippen LogP) is 0.827. The van der Waals surface area contributed by atoms with Crippen molar-refractivity contribution < 1.29 is 9.53 Å². The second kappa shape index (κ2) is 6.87. The smallest absolute Gasteiger partial charge is 0.254 e. The Hall–Kier alpha value is -0.650. The fraction of sp³-hybridized carbons (Fsp3) is 0.933. The van der Waals surface area contributed by atoms with E-state index in [2.05, 4.69) is 11.8 Å². The van der Waals surface area contributed by atoms with E-state index in [0.29, 0.717) is 19.2 Å². The topological polar surface area (TPSA) is 58.8 Å². The Labute approximate surface area is 122 Å². The summed E-state index contributed by atoms with van der Waals surface area (Å²) in [6.45, 7) is 9.04. The van der Waals surface area contributed by atoms with Gasteiger partial charge in [0, 0.05) is 45.4 Å². The Morgan fingerprint density at radius 1 is 1.35 bits per heavy atom. The van der Waals surface area contributed by atoms with Gasteiger partial charge in [-0.3, -0.25) is 9.69 Å². The molecule has 0 saturated carbocycles. The zero-order valence-corrected chi connectivity index (χ0v) is 12.9. The Morgan fingerprint density at radius 2 is 2.05 bits per heavy atom. The van der Waals surface area contributed by atoms with Crippen molar-refractivity contribution in [3.05, 3.63) is 0 Å². The number of nitrogens with zero attached hydrogens (tertiary/aromatic N) is 2. The molecular weight excluding hydrogens is 254 g/mol. The summed E-state index contributed by atoms with van der Waals surface area (Å²) in [5.41, 5.74) is 5.29. The summed E-state index contributed by atoms with van der Waals surface area (Å²) in [4.78, 5) is 17.0. The molecule has 20 heavy (non-hydrogen) atoms. The molecule has 0 bridgehead atoms. The molecule has 0 aliphatic carbocycles. The second-order valence-corrected chi connectivity index (χ2v) is 6.19. The van der Waals surface area contributed by atoms with Gasteiger partial charge in [-0.25, -0.2) is 0 Å². The minimum atomic E-state index is -0.571. The molecule has 2 rings (SSSR count). The number of hydrogen-bond donors (Lipinski definition) is 1. The summed E-state index contributed by atoms with van der Waals surface area (Å²) in [7, 11) is 0. The molecule has 2 heterocycles. The zero-order valence-electron chi connectivity index (χ0n) is 12.9. The van der Waals surface area contributed by atoms with Gasteiger partial charge in [0.25, 0.3) is 5.91 Å². The Bertz CT molecular complexity index is 321. The second-order valence-electron chi connectivity index (χ2n) is 6.19. The van der Waals surface area contributed by atoms with Crippen molar-refractivity contribution in [3.8, 4) is 0 Å². The van der Waals surface area contributed by atoms with E-state index < -0.39 is 5.60 Å². The van der Waals surface area contributed by atoms with Crippen LogP contribution >= 0.6 is 0 Å². The van der Waals surface area contributed by atoms with E-state index in [9.17, 15) is 4.79 Å². The van der Waals surface area contributed by atoms with Crippen LogP contribution in [0.1, 0.15) is 39.5 Å². The van der Waals surface area contributed by atoms with E-state index in [1.165, 1.54) is 0 Å². The number of hydrogen-bond acceptors (Lipinski definition) is 4. The van der Waals surface area contributed by atoms with Crippen molar-refractivity contribution in [2.45, 2.75) is 51.2 Å². The SMILES string of the molecule is CCCC(CN)N1CCN(C(=O)C2(C)CCCO2)CC1. The molecule has 0 aromatic rings. The molecule has 2 fully saturated rings. The van der Waals surface area contributed by atoms with Crippen molar-refractivity contribution in [1.82, 2.24) is 9.80 Å². The monoisotopic (exact) mass is 283 g/mol. The lowest BCUT2D eigenvalue weighted by Gasteiger charge is -2.41. The lowest BCUT2D eigenvalue weighted by molar-refractivity contribution is -0.153. The first-order valence-corrected chi connectivity index (χ1v) is 7.98. The minimum absolute atomic E-state index is 0.175. The van der Waals surface area contributed by atoms with Crippen LogP contribution in [-0.4, -0.2) is 66.7 Å². The molecular formula is C15H29N3O2. The van der Waals surface area contributed by atoms with Crippen LogP contribution in [0.5, 0.6) is 0 Å². The van der Waals surface area contributed by atoms with Crippen LogP contribution in [0.2, 0.25) is 0 Å². The fourth-order valence-corrected chi connectivity index (χ4v) is 3.36. The van der Waals surface area contributed by atoms with Gasteiger partial charge >= 0.3 is 0 Å². The average molecular weight is 283 g/mol. The maximum Gasteiger partial charge on any atom is 0.254 e. The van der Waals surface area contributed by atoms with Crippen molar-refractivity contribution >= 4 is 5.91 Å². The van der Waals surface area contributed by atoms with E-state index in [0.717, 1.165) is 51.9 Å². The first-order valence-electron chi connectivity index (χ1n) is 7.98. The highest BCUT2D eigenvalue weighted by molar-refractivity contribution is 5.85.